The molecule has 0 aliphatic carbocycles. The molecule has 0 aromatic heterocycles. The zero-order chi connectivity index (χ0) is 15.9. The first-order valence-corrected chi connectivity index (χ1v) is 9.18. The molecule has 3 rings (SSSR count). The van der Waals surface area contributed by atoms with Crippen molar-refractivity contribution < 1.29 is 9.53 Å². The Kier molecular flexibility index (Phi) is 5.93. The van der Waals surface area contributed by atoms with Crippen molar-refractivity contribution in [1.82, 2.24) is 9.80 Å². The minimum absolute atomic E-state index is 0.179. The van der Waals surface area contributed by atoms with Gasteiger partial charge in [0, 0.05) is 26.2 Å². The summed E-state index contributed by atoms with van der Waals surface area (Å²) in [6, 6.07) is 9.97. The van der Waals surface area contributed by atoms with E-state index in [0.717, 1.165) is 23.9 Å². The highest BCUT2D eigenvalue weighted by atomic mass is 32.2. The van der Waals surface area contributed by atoms with E-state index in [-0.39, 0.29) is 5.91 Å². The van der Waals surface area contributed by atoms with Crippen molar-refractivity contribution in [2.45, 2.75) is 12.8 Å². The first-order valence-electron chi connectivity index (χ1n) is 8.20. The Morgan fingerprint density at radius 1 is 1.04 bits per heavy atom. The van der Waals surface area contributed by atoms with Gasteiger partial charge in [0.05, 0.1) is 24.7 Å². The van der Waals surface area contributed by atoms with E-state index in [2.05, 4.69) is 4.90 Å². The third-order valence-corrected chi connectivity index (χ3v) is 5.05. The van der Waals surface area contributed by atoms with Crippen molar-refractivity contribution in [2.24, 2.45) is 4.99 Å². The van der Waals surface area contributed by atoms with Crippen LogP contribution in [0.5, 0.6) is 0 Å². The number of carbonyl (C=O) groups excluding carboxylic acids is 1. The summed E-state index contributed by atoms with van der Waals surface area (Å²) in [6.45, 7) is 4.76. The van der Waals surface area contributed by atoms with E-state index in [0.29, 0.717) is 32.1 Å². The molecule has 1 aromatic rings. The number of para-hydroxylation sites is 1. The highest BCUT2D eigenvalue weighted by molar-refractivity contribution is 8.14. The van der Waals surface area contributed by atoms with Gasteiger partial charge in [-0.3, -0.25) is 4.79 Å². The minimum atomic E-state index is 0.179. The van der Waals surface area contributed by atoms with Crippen LogP contribution in [0.25, 0.3) is 0 Å². The van der Waals surface area contributed by atoms with Crippen LogP contribution in [-0.2, 0) is 9.53 Å². The number of hydrogen-bond acceptors (Lipinski definition) is 4. The number of aliphatic imine (C=N–C) groups is 1. The van der Waals surface area contributed by atoms with Gasteiger partial charge in [-0.25, -0.2) is 4.99 Å². The molecule has 23 heavy (non-hydrogen) atoms. The monoisotopic (exact) mass is 333 g/mol. The minimum Gasteiger partial charge on any atom is -0.378 e. The molecule has 124 valence electrons. The summed E-state index contributed by atoms with van der Waals surface area (Å²) >= 11 is 1.56. The fourth-order valence-electron chi connectivity index (χ4n) is 2.75. The number of rotatable bonds is 3. The SMILES string of the molecule is O=C(CSC(=Nc1ccccc1)N1CCCC1)N1CCOCC1. The van der Waals surface area contributed by atoms with Gasteiger partial charge in [-0.1, -0.05) is 30.0 Å². The Balaban J connectivity index is 1.64. The first kappa shape index (κ1) is 16.3. The second-order valence-electron chi connectivity index (χ2n) is 5.71. The zero-order valence-corrected chi connectivity index (χ0v) is 14.1. The van der Waals surface area contributed by atoms with Crippen LogP contribution in [0.3, 0.4) is 0 Å². The number of morpholine rings is 1. The smallest absolute Gasteiger partial charge is 0.233 e. The predicted molar refractivity (Wildman–Crippen MR) is 94.2 cm³/mol. The van der Waals surface area contributed by atoms with Crippen molar-refractivity contribution in [2.75, 3.05) is 45.1 Å². The molecule has 5 nitrogen and oxygen atoms in total. The van der Waals surface area contributed by atoms with Gasteiger partial charge in [-0.2, -0.15) is 0 Å². The highest BCUT2D eigenvalue weighted by Gasteiger charge is 2.21. The lowest BCUT2D eigenvalue weighted by Gasteiger charge is -2.27. The molecule has 1 amide bonds. The van der Waals surface area contributed by atoms with E-state index in [4.69, 9.17) is 9.73 Å². The van der Waals surface area contributed by atoms with E-state index in [1.807, 2.05) is 35.2 Å². The maximum absolute atomic E-state index is 12.3. The van der Waals surface area contributed by atoms with Crippen LogP contribution >= 0.6 is 11.8 Å². The molecule has 0 spiro atoms. The van der Waals surface area contributed by atoms with Gasteiger partial charge < -0.3 is 14.5 Å². The number of benzene rings is 1. The molecule has 6 heteroatoms. The van der Waals surface area contributed by atoms with Gasteiger partial charge in [0.15, 0.2) is 5.17 Å². The summed E-state index contributed by atoms with van der Waals surface area (Å²) < 4.78 is 5.30. The molecule has 0 radical (unpaired) electrons. The van der Waals surface area contributed by atoms with Gasteiger partial charge in [-0.05, 0) is 25.0 Å². The van der Waals surface area contributed by atoms with E-state index in [9.17, 15) is 4.79 Å². The zero-order valence-electron chi connectivity index (χ0n) is 13.3. The third kappa shape index (κ3) is 4.72. The van der Waals surface area contributed by atoms with Crippen LogP contribution in [0.2, 0.25) is 0 Å². The molecule has 2 aliphatic heterocycles. The van der Waals surface area contributed by atoms with Gasteiger partial charge in [-0.15, -0.1) is 0 Å². The van der Waals surface area contributed by atoms with Crippen LogP contribution in [0, 0.1) is 0 Å². The Bertz CT molecular complexity index is 538. The molecular formula is C17H23N3O2S. The van der Waals surface area contributed by atoms with Crippen LogP contribution in [0.1, 0.15) is 12.8 Å². The predicted octanol–water partition coefficient (Wildman–Crippen LogP) is 2.36. The number of ether oxygens (including phenoxy) is 1. The number of thioether (sulfide) groups is 1. The summed E-state index contributed by atoms with van der Waals surface area (Å²) in [5.41, 5.74) is 0.945. The Morgan fingerprint density at radius 2 is 1.74 bits per heavy atom. The maximum atomic E-state index is 12.3. The standard InChI is InChI=1S/C17H23N3O2S/c21-16(19-10-12-22-13-11-19)14-23-17(20-8-4-5-9-20)18-15-6-2-1-3-7-15/h1-3,6-7H,4-5,8-14H2. The summed E-state index contributed by atoms with van der Waals surface area (Å²) in [5.74, 6) is 0.626. The number of hydrogen-bond donors (Lipinski definition) is 0. The molecule has 2 fully saturated rings. The lowest BCUT2D eigenvalue weighted by molar-refractivity contribution is -0.132. The van der Waals surface area contributed by atoms with Crippen molar-refractivity contribution >= 4 is 28.5 Å². The van der Waals surface area contributed by atoms with Crippen molar-refractivity contribution in [3.05, 3.63) is 30.3 Å². The van der Waals surface area contributed by atoms with E-state index in [1.165, 1.54) is 12.8 Å². The van der Waals surface area contributed by atoms with Crippen LogP contribution in [-0.4, -0.2) is 66.0 Å². The largest absolute Gasteiger partial charge is 0.378 e. The molecule has 1 aromatic carbocycles. The lowest BCUT2D eigenvalue weighted by Crippen LogP contribution is -2.42. The average Bonchev–Trinajstić information content (AvgIpc) is 3.14. The van der Waals surface area contributed by atoms with Crippen molar-refractivity contribution in [3.8, 4) is 0 Å². The van der Waals surface area contributed by atoms with Crippen molar-refractivity contribution in [3.63, 3.8) is 0 Å². The molecule has 0 unspecified atom stereocenters. The second-order valence-corrected chi connectivity index (χ2v) is 6.65. The van der Waals surface area contributed by atoms with E-state index >= 15 is 0 Å². The van der Waals surface area contributed by atoms with E-state index in [1.54, 1.807) is 11.8 Å². The fourth-order valence-corrected chi connectivity index (χ4v) is 3.72. The number of nitrogens with zero attached hydrogens (tertiary/aromatic N) is 3. The summed E-state index contributed by atoms with van der Waals surface area (Å²) in [6.07, 6.45) is 2.40. The molecule has 0 bridgehead atoms. The van der Waals surface area contributed by atoms with Gasteiger partial charge in [0.1, 0.15) is 0 Å². The van der Waals surface area contributed by atoms with Gasteiger partial charge in [0.2, 0.25) is 5.91 Å². The molecule has 2 saturated heterocycles. The molecule has 0 saturated carbocycles. The lowest BCUT2D eigenvalue weighted by atomic mass is 10.3. The molecular weight excluding hydrogens is 310 g/mol. The van der Waals surface area contributed by atoms with Crippen molar-refractivity contribution in [1.29, 1.82) is 0 Å². The molecule has 2 heterocycles. The summed E-state index contributed by atoms with van der Waals surface area (Å²) in [4.78, 5) is 21.3. The quantitative estimate of drug-likeness (QED) is 0.629. The Labute approximate surface area is 141 Å². The van der Waals surface area contributed by atoms with Crippen LogP contribution in [0.4, 0.5) is 5.69 Å². The summed E-state index contributed by atoms with van der Waals surface area (Å²) in [5, 5.41) is 0.968. The van der Waals surface area contributed by atoms with Gasteiger partial charge >= 0.3 is 0 Å². The normalized spacial score (nSPS) is 19.2. The second kappa shape index (κ2) is 8.36. The maximum Gasteiger partial charge on any atom is 0.233 e. The number of likely N-dealkylation sites (tertiary alicyclic amines) is 1. The third-order valence-electron chi connectivity index (χ3n) is 4.05. The molecule has 0 N–H and O–H groups in total. The number of amidine groups is 1. The molecule has 2 aliphatic rings. The topological polar surface area (TPSA) is 45.1 Å². The van der Waals surface area contributed by atoms with Gasteiger partial charge in [0.25, 0.3) is 0 Å². The molecule has 0 atom stereocenters. The summed E-state index contributed by atoms with van der Waals surface area (Å²) in [7, 11) is 0. The average molecular weight is 333 g/mol. The fraction of sp³-hybridized carbons (Fsp3) is 0.529. The Morgan fingerprint density at radius 3 is 2.43 bits per heavy atom. The Hall–Kier alpha value is -1.53. The number of amides is 1. The van der Waals surface area contributed by atoms with E-state index < -0.39 is 0 Å². The highest BCUT2D eigenvalue weighted by Crippen LogP contribution is 2.21. The van der Waals surface area contributed by atoms with Crippen LogP contribution < -0.4 is 0 Å². The number of carbonyl (C=O) groups is 1. The van der Waals surface area contributed by atoms with Crippen LogP contribution in [0.15, 0.2) is 35.3 Å². The first-order chi connectivity index (χ1) is 11.3.